The highest BCUT2D eigenvalue weighted by Crippen LogP contribution is 2.38. The van der Waals surface area contributed by atoms with E-state index < -0.39 is 6.04 Å². The predicted molar refractivity (Wildman–Crippen MR) is 97.4 cm³/mol. The molecule has 0 fully saturated rings. The molecular formula is C15H22Cl2N2O3S. The molecule has 5 nitrogen and oxygen atoms in total. The Balaban J connectivity index is 0.00000264. The van der Waals surface area contributed by atoms with E-state index in [2.05, 4.69) is 5.32 Å². The fourth-order valence-corrected chi connectivity index (χ4v) is 2.92. The lowest BCUT2D eigenvalue weighted by Gasteiger charge is -2.20. The van der Waals surface area contributed by atoms with Crippen LogP contribution in [-0.4, -0.2) is 43.7 Å². The van der Waals surface area contributed by atoms with Crippen LogP contribution in [0.1, 0.15) is 12.0 Å². The maximum atomic E-state index is 11.8. The van der Waals surface area contributed by atoms with Crippen LogP contribution in [0.4, 0.5) is 0 Å². The number of hydrogen-bond acceptors (Lipinski definition) is 5. The molecule has 23 heavy (non-hydrogen) atoms. The van der Waals surface area contributed by atoms with E-state index in [1.54, 1.807) is 11.8 Å². The number of amides is 1. The number of halogens is 2. The molecule has 2 rings (SSSR count). The van der Waals surface area contributed by atoms with Crippen LogP contribution >= 0.6 is 35.8 Å². The summed E-state index contributed by atoms with van der Waals surface area (Å²) in [5.41, 5.74) is 6.81. The van der Waals surface area contributed by atoms with E-state index >= 15 is 0 Å². The quantitative estimate of drug-likeness (QED) is 0.758. The lowest BCUT2D eigenvalue weighted by Crippen LogP contribution is -2.41. The third-order valence-electron chi connectivity index (χ3n) is 3.34. The molecule has 0 saturated carbocycles. The summed E-state index contributed by atoms with van der Waals surface area (Å²) < 4.78 is 11.0. The van der Waals surface area contributed by atoms with E-state index in [1.807, 2.05) is 18.4 Å². The Bertz CT molecular complexity index is 532. The Morgan fingerprint density at radius 2 is 2.17 bits per heavy atom. The predicted octanol–water partition coefficient (Wildman–Crippen LogP) is 2.27. The molecule has 1 aliphatic rings. The van der Waals surface area contributed by atoms with E-state index in [0.717, 1.165) is 11.3 Å². The summed E-state index contributed by atoms with van der Waals surface area (Å²) in [7, 11) is 0. The van der Waals surface area contributed by atoms with Crippen LogP contribution in [0.3, 0.4) is 0 Å². The van der Waals surface area contributed by atoms with Gasteiger partial charge in [0.2, 0.25) is 5.91 Å². The number of benzene rings is 1. The minimum atomic E-state index is -0.448. The first-order chi connectivity index (χ1) is 10.6. The highest BCUT2D eigenvalue weighted by molar-refractivity contribution is 7.98. The molecule has 1 atom stereocenters. The summed E-state index contributed by atoms with van der Waals surface area (Å²) >= 11 is 7.86. The summed E-state index contributed by atoms with van der Waals surface area (Å²) in [5, 5.41) is 3.39. The number of nitrogens with one attached hydrogen (secondary N) is 1. The third-order valence-corrected chi connectivity index (χ3v) is 4.26. The van der Waals surface area contributed by atoms with Gasteiger partial charge < -0.3 is 20.5 Å². The zero-order chi connectivity index (χ0) is 15.9. The fourth-order valence-electron chi connectivity index (χ4n) is 2.15. The highest BCUT2D eigenvalue weighted by Gasteiger charge is 2.17. The normalized spacial score (nSPS) is 13.9. The molecule has 130 valence electrons. The monoisotopic (exact) mass is 380 g/mol. The lowest BCUT2D eigenvalue weighted by molar-refractivity contribution is -0.122. The second-order valence-corrected chi connectivity index (χ2v) is 6.42. The zero-order valence-electron chi connectivity index (χ0n) is 13.0. The van der Waals surface area contributed by atoms with Gasteiger partial charge in [-0.1, -0.05) is 11.6 Å². The van der Waals surface area contributed by atoms with Crippen molar-refractivity contribution in [1.29, 1.82) is 0 Å². The van der Waals surface area contributed by atoms with Gasteiger partial charge in [-0.3, -0.25) is 4.79 Å². The average Bonchev–Trinajstić information content (AvgIpc) is 2.52. The highest BCUT2D eigenvalue weighted by atomic mass is 35.5. The molecule has 0 aliphatic carbocycles. The van der Waals surface area contributed by atoms with Crippen molar-refractivity contribution >= 4 is 41.7 Å². The van der Waals surface area contributed by atoms with Crippen LogP contribution in [-0.2, 0) is 11.2 Å². The van der Waals surface area contributed by atoms with Gasteiger partial charge in [0.25, 0.3) is 0 Å². The van der Waals surface area contributed by atoms with Gasteiger partial charge in [-0.25, -0.2) is 0 Å². The molecule has 8 heteroatoms. The van der Waals surface area contributed by atoms with Crippen molar-refractivity contribution in [3.8, 4) is 11.5 Å². The van der Waals surface area contributed by atoms with Crippen LogP contribution in [0.5, 0.6) is 11.5 Å². The molecule has 0 aromatic heterocycles. The van der Waals surface area contributed by atoms with Crippen LogP contribution in [0.2, 0.25) is 5.02 Å². The first-order valence-electron chi connectivity index (χ1n) is 7.22. The molecular weight excluding hydrogens is 359 g/mol. The van der Waals surface area contributed by atoms with Crippen LogP contribution in [0.15, 0.2) is 12.1 Å². The maximum absolute atomic E-state index is 11.8. The smallest absolute Gasteiger partial charge is 0.236 e. The molecule has 1 amide bonds. The fraction of sp³-hybridized carbons (Fsp3) is 0.533. The van der Waals surface area contributed by atoms with Crippen molar-refractivity contribution in [1.82, 2.24) is 5.32 Å². The minimum Gasteiger partial charge on any atom is -0.486 e. The number of thioether (sulfide) groups is 1. The minimum absolute atomic E-state index is 0. The molecule has 1 aromatic carbocycles. The van der Waals surface area contributed by atoms with Crippen molar-refractivity contribution in [2.75, 3.05) is 31.8 Å². The van der Waals surface area contributed by atoms with E-state index in [0.29, 0.717) is 49.1 Å². The Hall–Kier alpha value is -0.820. The van der Waals surface area contributed by atoms with E-state index in [9.17, 15) is 4.79 Å². The Kier molecular flexibility index (Phi) is 8.91. The van der Waals surface area contributed by atoms with Gasteiger partial charge in [0.1, 0.15) is 13.2 Å². The number of carbonyl (C=O) groups excluding carboxylic acids is 1. The first kappa shape index (κ1) is 20.2. The summed E-state index contributed by atoms with van der Waals surface area (Å²) in [4.78, 5) is 11.8. The summed E-state index contributed by atoms with van der Waals surface area (Å²) in [6.07, 6.45) is 3.34. The molecule has 0 saturated heterocycles. The van der Waals surface area contributed by atoms with Gasteiger partial charge in [0.15, 0.2) is 11.5 Å². The second kappa shape index (κ2) is 10.1. The van der Waals surface area contributed by atoms with Crippen molar-refractivity contribution in [2.45, 2.75) is 18.9 Å². The van der Waals surface area contributed by atoms with Gasteiger partial charge in [-0.15, -0.1) is 12.4 Å². The number of nitrogens with two attached hydrogens (primary N) is 1. The van der Waals surface area contributed by atoms with Crippen molar-refractivity contribution in [3.63, 3.8) is 0 Å². The summed E-state index contributed by atoms with van der Waals surface area (Å²) in [6, 6.07) is 3.30. The van der Waals surface area contributed by atoms with E-state index in [4.69, 9.17) is 26.8 Å². The maximum Gasteiger partial charge on any atom is 0.236 e. The molecule has 3 N–H and O–H groups in total. The number of hydrogen-bond donors (Lipinski definition) is 2. The van der Waals surface area contributed by atoms with Crippen LogP contribution < -0.4 is 20.5 Å². The molecule has 1 aliphatic heterocycles. The van der Waals surface area contributed by atoms with Gasteiger partial charge in [0.05, 0.1) is 11.1 Å². The van der Waals surface area contributed by atoms with Crippen LogP contribution in [0.25, 0.3) is 0 Å². The van der Waals surface area contributed by atoms with Crippen molar-refractivity contribution in [3.05, 3.63) is 22.7 Å². The third kappa shape index (κ3) is 5.95. The van der Waals surface area contributed by atoms with Gasteiger partial charge in [-0.2, -0.15) is 11.8 Å². The zero-order valence-corrected chi connectivity index (χ0v) is 15.4. The topological polar surface area (TPSA) is 73.6 Å². The summed E-state index contributed by atoms with van der Waals surface area (Å²) in [5.74, 6) is 2.03. The number of fused-ring (bicyclic) bond motifs is 1. The average molecular weight is 381 g/mol. The number of carbonyl (C=O) groups is 1. The van der Waals surface area contributed by atoms with Crippen molar-refractivity contribution in [2.24, 2.45) is 5.73 Å². The van der Waals surface area contributed by atoms with E-state index in [1.165, 1.54) is 0 Å². The van der Waals surface area contributed by atoms with Gasteiger partial charge in [-0.05, 0) is 42.5 Å². The Morgan fingerprint density at radius 1 is 1.43 bits per heavy atom. The molecule has 1 aromatic rings. The SMILES string of the molecule is CSCC[C@H](N)C(=O)NCCc1cc(Cl)c2c(c1)OCCO2.Cl. The Morgan fingerprint density at radius 3 is 2.91 bits per heavy atom. The molecule has 0 radical (unpaired) electrons. The molecule has 0 spiro atoms. The second-order valence-electron chi connectivity index (χ2n) is 5.03. The molecule has 1 heterocycles. The van der Waals surface area contributed by atoms with Gasteiger partial charge in [0, 0.05) is 6.54 Å². The summed E-state index contributed by atoms with van der Waals surface area (Å²) in [6.45, 7) is 1.55. The largest absolute Gasteiger partial charge is 0.486 e. The van der Waals surface area contributed by atoms with Crippen LogP contribution in [0, 0.1) is 0 Å². The van der Waals surface area contributed by atoms with Crippen molar-refractivity contribution < 1.29 is 14.3 Å². The lowest BCUT2D eigenvalue weighted by atomic mass is 10.1. The first-order valence-corrected chi connectivity index (χ1v) is 8.99. The number of rotatable bonds is 7. The number of ether oxygens (including phenoxy) is 2. The molecule has 0 bridgehead atoms. The molecule has 0 unspecified atom stereocenters. The van der Waals surface area contributed by atoms with E-state index in [-0.39, 0.29) is 18.3 Å². The standard InChI is InChI=1S/C15H21ClN2O3S.ClH/c1-22-7-3-12(17)15(19)18-4-2-10-8-11(16)14-13(9-10)20-5-6-21-14;/h8-9,12H,2-7,17H2,1H3,(H,18,19);1H/t12-;/m0./s1. The van der Waals surface area contributed by atoms with Gasteiger partial charge >= 0.3 is 0 Å². The Labute approximate surface area is 152 Å².